The number of rotatable bonds is 4. The van der Waals surface area contributed by atoms with Gasteiger partial charge in [-0.25, -0.2) is 4.98 Å². The fourth-order valence-electron chi connectivity index (χ4n) is 2.06. The predicted molar refractivity (Wildman–Crippen MR) is 85.2 cm³/mol. The lowest BCUT2D eigenvalue weighted by Gasteiger charge is -2.14. The second-order valence-corrected chi connectivity index (χ2v) is 5.60. The number of aromatic amines is 1. The van der Waals surface area contributed by atoms with Gasteiger partial charge in [0.1, 0.15) is 10.3 Å². The molecule has 0 fully saturated rings. The number of para-hydroxylation sites is 1. The minimum absolute atomic E-state index is 0.122. The van der Waals surface area contributed by atoms with Gasteiger partial charge in [0, 0.05) is 0 Å². The van der Waals surface area contributed by atoms with Crippen LogP contribution in [0.15, 0.2) is 27.5 Å². The number of H-pyrrole nitrogens is 1. The molecule has 1 heterocycles. The minimum atomic E-state index is -0.214. The fourth-order valence-corrected chi connectivity index (χ4v) is 2.71. The van der Waals surface area contributed by atoms with Gasteiger partial charge < -0.3 is 14.5 Å². The van der Waals surface area contributed by atoms with E-state index in [9.17, 15) is 4.79 Å². The Balaban J connectivity index is 2.71. The topological polar surface area (TPSA) is 64.2 Å². The Labute approximate surface area is 131 Å². The second kappa shape index (κ2) is 6.30. The molecule has 6 heteroatoms. The number of aromatic nitrogens is 2. The smallest absolute Gasteiger partial charge is 0.265 e. The first-order valence-electron chi connectivity index (χ1n) is 6.50. The highest BCUT2D eigenvalue weighted by atomic mass is 79.9. The molecule has 0 radical (unpaired) electrons. The van der Waals surface area contributed by atoms with E-state index >= 15 is 0 Å². The maximum Gasteiger partial charge on any atom is 0.265 e. The summed E-state index contributed by atoms with van der Waals surface area (Å²) in [6.45, 7) is 3.97. The normalized spacial score (nSPS) is 10.8. The van der Waals surface area contributed by atoms with Crippen molar-refractivity contribution in [2.24, 2.45) is 0 Å². The summed E-state index contributed by atoms with van der Waals surface area (Å²) in [4.78, 5) is 19.4. The number of hydrogen-bond acceptors (Lipinski definition) is 4. The van der Waals surface area contributed by atoms with Crippen molar-refractivity contribution in [3.8, 4) is 22.9 Å². The van der Waals surface area contributed by atoms with E-state index in [1.807, 2.05) is 26.0 Å². The standard InChI is InChI=1S/C15H17BrN2O3/c1-8(2)12-11(16)15(19)18-14(17-12)9-6-5-7-10(20-3)13(9)21-4/h5-8H,1-4H3,(H,17,18,19). The molecule has 0 amide bonds. The minimum Gasteiger partial charge on any atom is -0.493 e. The van der Waals surface area contributed by atoms with Crippen LogP contribution in [0, 0.1) is 0 Å². The molecule has 0 bridgehead atoms. The van der Waals surface area contributed by atoms with Crippen molar-refractivity contribution in [3.63, 3.8) is 0 Å². The SMILES string of the molecule is COc1cccc(-c2nc(C(C)C)c(Br)c(=O)[nH]2)c1OC. The summed E-state index contributed by atoms with van der Waals surface area (Å²) in [6, 6.07) is 5.45. The molecule has 2 aromatic rings. The molecule has 0 aliphatic rings. The van der Waals surface area contributed by atoms with E-state index in [2.05, 4.69) is 25.9 Å². The van der Waals surface area contributed by atoms with Crippen LogP contribution >= 0.6 is 15.9 Å². The molecule has 1 aromatic heterocycles. The van der Waals surface area contributed by atoms with Gasteiger partial charge >= 0.3 is 0 Å². The van der Waals surface area contributed by atoms with Gasteiger partial charge in [-0.2, -0.15) is 0 Å². The first-order valence-corrected chi connectivity index (χ1v) is 7.30. The highest BCUT2D eigenvalue weighted by molar-refractivity contribution is 9.10. The number of ether oxygens (including phenoxy) is 2. The van der Waals surface area contributed by atoms with Gasteiger partial charge in [0.05, 0.1) is 25.5 Å². The van der Waals surface area contributed by atoms with Crippen molar-refractivity contribution in [1.82, 2.24) is 9.97 Å². The van der Waals surface area contributed by atoms with Crippen LogP contribution in [0.25, 0.3) is 11.4 Å². The quantitative estimate of drug-likeness (QED) is 0.916. The van der Waals surface area contributed by atoms with Crippen molar-refractivity contribution in [1.29, 1.82) is 0 Å². The van der Waals surface area contributed by atoms with Gasteiger partial charge in [0.25, 0.3) is 5.56 Å². The lowest BCUT2D eigenvalue weighted by Crippen LogP contribution is -2.14. The van der Waals surface area contributed by atoms with Crippen molar-refractivity contribution in [2.75, 3.05) is 14.2 Å². The average molecular weight is 353 g/mol. The van der Waals surface area contributed by atoms with Crippen molar-refractivity contribution in [3.05, 3.63) is 38.7 Å². The summed E-state index contributed by atoms with van der Waals surface area (Å²) in [6.07, 6.45) is 0. The summed E-state index contributed by atoms with van der Waals surface area (Å²) >= 11 is 3.29. The highest BCUT2D eigenvalue weighted by Crippen LogP contribution is 2.36. The number of methoxy groups -OCH3 is 2. The van der Waals surface area contributed by atoms with Crippen LogP contribution in [-0.4, -0.2) is 24.2 Å². The number of nitrogens with one attached hydrogen (secondary N) is 1. The summed E-state index contributed by atoms with van der Waals surface area (Å²) in [5.74, 6) is 1.71. The Bertz CT molecular complexity index is 711. The number of nitrogens with zero attached hydrogens (tertiary/aromatic N) is 1. The maximum atomic E-state index is 12.1. The molecule has 1 aromatic carbocycles. The molecule has 2 rings (SSSR count). The van der Waals surface area contributed by atoms with Crippen LogP contribution in [0.4, 0.5) is 0 Å². The zero-order valence-corrected chi connectivity index (χ0v) is 13.9. The highest BCUT2D eigenvalue weighted by Gasteiger charge is 2.17. The van der Waals surface area contributed by atoms with Gasteiger partial charge in [-0.1, -0.05) is 19.9 Å². The molecule has 0 saturated carbocycles. The van der Waals surface area contributed by atoms with E-state index < -0.39 is 0 Å². The van der Waals surface area contributed by atoms with E-state index in [4.69, 9.17) is 9.47 Å². The van der Waals surface area contributed by atoms with Crippen LogP contribution in [-0.2, 0) is 0 Å². The van der Waals surface area contributed by atoms with Crippen LogP contribution < -0.4 is 15.0 Å². The largest absolute Gasteiger partial charge is 0.493 e. The summed E-state index contributed by atoms with van der Waals surface area (Å²) in [5.41, 5.74) is 1.18. The number of halogens is 1. The van der Waals surface area contributed by atoms with E-state index in [0.29, 0.717) is 33.1 Å². The third kappa shape index (κ3) is 2.95. The number of hydrogen-bond donors (Lipinski definition) is 1. The van der Waals surface area contributed by atoms with Gasteiger partial charge in [0.15, 0.2) is 11.5 Å². The maximum absolute atomic E-state index is 12.1. The monoisotopic (exact) mass is 352 g/mol. The van der Waals surface area contributed by atoms with E-state index in [0.717, 1.165) is 0 Å². The molecular weight excluding hydrogens is 336 g/mol. The molecule has 5 nitrogen and oxygen atoms in total. The van der Waals surface area contributed by atoms with Crippen LogP contribution in [0.2, 0.25) is 0 Å². The van der Waals surface area contributed by atoms with Gasteiger partial charge in [-0.3, -0.25) is 4.79 Å². The Morgan fingerprint density at radius 2 is 1.95 bits per heavy atom. The molecule has 21 heavy (non-hydrogen) atoms. The Morgan fingerprint density at radius 1 is 1.24 bits per heavy atom. The zero-order valence-electron chi connectivity index (χ0n) is 12.4. The molecule has 0 spiro atoms. The molecule has 112 valence electrons. The molecule has 0 atom stereocenters. The van der Waals surface area contributed by atoms with Gasteiger partial charge in [-0.15, -0.1) is 0 Å². The van der Waals surface area contributed by atoms with E-state index in [1.54, 1.807) is 20.3 Å². The van der Waals surface area contributed by atoms with Crippen molar-refractivity contribution in [2.45, 2.75) is 19.8 Å². The first-order chi connectivity index (χ1) is 9.99. The molecule has 0 saturated heterocycles. The lowest BCUT2D eigenvalue weighted by atomic mass is 10.1. The van der Waals surface area contributed by atoms with Crippen molar-refractivity contribution < 1.29 is 9.47 Å². The zero-order chi connectivity index (χ0) is 15.6. The first kappa shape index (κ1) is 15.6. The molecule has 1 N–H and O–H groups in total. The molecule has 0 aliphatic carbocycles. The predicted octanol–water partition coefficient (Wildman–Crippen LogP) is 3.34. The second-order valence-electron chi connectivity index (χ2n) is 4.81. The van der Waals surface area contributed by atoms with E-state index in [1.165, 1.54) is 0 Å². The summed E-state index contributed by atoms with van der Waals surface area (Å²) < 4.78 is 11.1. The fraction of sp³-hybridized carbons (Fsp3) is 0.333. The Kier molecular flexibility index (Phi) is 4.67. The summed E-state index contributed by atoms with van der Waals surface area (Å²) in [5, 5.41) is 0. The van der Waals surface area contributed by atoms with Crippen LogP contribution in [0.3, 0.4) is 0 Å². The summed E-state index contributed by atoms with van der Waals surface area (Å²) in [7, 11) is 3.13. The van der Waals surface area contributed by atoms with Gasteiger partial charge in [0.2, 0.25) is 0 Å². The van der Waals surface area contributed by atoms with Crippen LogP contribution in [0.5, 0.6) is 11.5 Å². The Hall–Kier alpha value is -1.82. The third-order valence-electron chi connectivity index (χ3n) is 3.09. The van der Waals surface area contributed by atoms with Crippen LogP contribution in [0.1, 0.15) is 25.5 Å². The number of benzene rings is 1. The van der Waals surface area contributed by atoms with Crippen molar-refractivity contribution >= 4 is 15.9 Å². The van der Waals surface area contributed by atoms with Gasteiger partial charge in [-0.05, 0) is 34.0 Å². The van der Waals surface area contributed by atoms with E-state index in [-0.39, 0.29) is 11.5 Å². The molecule has 0 aliphatic heterocycles. The third-order valence-corrected chi connectivity index (χ3v) is 3.86. The molecular formula is C15H17BrN2O3. The lowest BCUT2D eigenvalue weighted by molar-refractivity contribution is 0.356. The average Bonchev–Trinajstić information content (AvgIpc) is 2.48. The Morgan fingerprint density at radius 3 is 2.52 bits per heavy atom. The molecule has 0 unspecified atom stereocenters.